The van der Waals surface area contributed by atoms with Gasteiger partial charge in [0.1, 0.15) is 0 Å². The standard InChI is InChI=1S/C21H34N6O/c1-22-21(23-10-6-12-26-13-7-11-25(2)14-15-26)24-18-16-20(28)27(17-18)19-8-4-3-5-9-19/h3-5,8-9,18H,6-7,10-17H2,1-2H3,(H2,22,23,24). The number of nitrogens with one attached hydrogen (secondary N) is 2. The van der Waals surface area contributed by atoms with Gasteiger partial charge in [-0.25, -0.2) is 0 Å². The average Bonchev–Trinajstić information content (AvgIpc) is 2.95. The van der Waals surface area contributed by atoms with Crippen LogP contribution in [0.5, 0.6) is 0 Å². The van der Waals surface area contributed by atoms with E-state index in [4.69, 9.17) is 0 Å². The van der Waals surface area contributed by atoms with E-state index in [-0.39, 0.29) is 11.9 Å². The fourth-order valence-electron chi connectivity index (χ4n) is 3.88. The van der Waals surface area contributed by atoms with E-state index in [0.29, 0.717) is 13.0 Å². The van der Waals surface area contributed by atoms with Gasteiger partial charge in [0.05, 0.1) is 6.04 Å². The normalized spacial score (nSPS) is 22.4. The number of hydrogen-bond acceptors (Lipinski definition) is 4. The molecule has 0 aromatic heterocycles. The van der Waals surface area contributed by atoms with Crippen molar-refractivity contribution in [2.24, 2.45) is 4.99 Å². The van der Waals surface area contributed by atoms with Crippen molar-refractivity contribution in [3.63, 3.8) is 0 Å². The predicted octanol–water partition coefficient (Wildman–Crippen LogP) is 0.985. The number of nitrogens with zero attached hydrogens (tertiary/aromatic N) is 4. The molecule has 7 nitrogen and oxygen atoms in total. The topological polar surface area (TPSA) is 63.2 Å². The van der Waals surface area contributed by atoms with E-state index >= 15 is 0 Å². The van der Waals surface area contributed by atoms with Crippen LogP contribution >= 0.6 is 0 Å². The lowest BCUT2D eigenvalue weighted by Crippen LogP contribution is -2.45. The number of para-hydroxylation sites is 1. The fraction of sp³-hybridized carbons (Fsp3) is 0.619. The number of carbonyl (C=O) groups is 1. The van der Waals surface area contributed by atoms with Crippen molar-refractivity contribution < 1.29 is 4.79 Å². The second kappa shape index (κ2) is 10.4. The minimum absolute atomic E-state index is 0.0834. The highest BCUT2D eigenvalue weighted by atomic mass is 16.2. The van der Waals surface area contributed by atoms with E-state index in [1.165, 1.54) is 19.5 Å². The first-order valence-corrected chi connectivity index (χ1v) is 10.4. The maximum atomic E-state index is 12.4. The third-order valence-electron chi connectivity index (χ3n) is 5.51. The minimum Gasteiger partial charge on any atom is -0.356 e. The zero-order chi connectivity index (χ0) is 19.8. The van der Waals surface area contributed by atoms with Crippen LogP contribution in [-0.2, 0) is 4.79 Å². The van der Waals surface area contributed by atoms with Crippen molar-refractivity contribution >= 4 is 17.6 Å². The van der Waals surface area contributed by atoms with Crippen LogP contribution in [0.4, 0.5) is 5.69 Å². The zero-order valence-corrected chi connectivity index (χ0v) is 17.2. The number of benzene rings is 1. The van der Waals surface area contributed by atoms with Gasteiger partial charge in [0, 0.05) is 45.3 Å². The van der Waals surface area contributed by atoms with E-state index < -0.39 is 0 Å². The molecule has 0 saturated carbocycles. The number of amides is 1. The lowest BCUT2D eigenvalue weighted by Gasteiger charge is -2.21. The van der Waals surface area contributed by atoms with Crippen molar-refractivity contribution in [3.8, 4) is 0 Å². The van der Waals surface area contributed by atoms with Gasteiger partial charge in [-0.15, -0.1) is 0 Å². The SMILES string of the molecule is CN=C(NCCCN1CCCN(C)CC1)NC1CC(=O)N(c2ccccc2)C1. The monoisotopic (exact) mass is 386 g/mol. The maximum Gasteiger partial charge on any atom is 0.229 e. The molecule has 2 N–H and O–H groups in total. The molecule has 1 unspecified atom stereocenters. The molecule has 1 aromatic rings. The summed E-state index contributed by atoms with van der Waals surface area (Å²) in [7, 11) is 3.99. The van der Waals surface area contributed by atoms with Gasteiger partial charge in [-0.2, -0.15) is 0 Å². The molecule has 0 bridgehead atoms. The Morgan fingerprint density at radius 2 is 2.00 bits per heavy atom. The molecule has 7 heteroatoms. The van der Waals surface area contributed by atoms with Gasteiger partial charge in [0.15, 0.2) is 5.96 Å². The fourth-order valence-corrected chi connectivity index (χ4v) is 3.88. The maximum absolute atomic E-state index is 12.4. The quantitative estimate of drug-likeness (QED) is 0.434. The Morgan fingerprint density at radius 1 is 1.18 bits per heavy atom. The molecule has 2 aliphatic rings. The molecule has 1 amide bonds. The molecule has 2 aliphatic heterocycles. The van der Waals surface area contributed by atoms with E-state index in [2.05, 4.69) is 32.5 Å². The predicted molar refractivity (Wildman–Crippen MR) is 115 cm³/mol. The highest BCUT2D eigenvalue weighted by Crippen LogP contribution is 2.20. The average molecular weight is 387 g/mol. The first-order valence-electron chi connectivity index (χ1n) is 10.4. The first-order chi connectivity index (χ1) is 13.7. The molecular weight excluding hydrogens is 352 g/mol. The summed E-state index contributed by atoms with van der Waals surface area (Å²) < 4.78 is 0. The van der Waals surface area contributed by atoms with Crippen LogP contribution in [-0.4, -0.2) is 87.6 Å². The van der Waals surface area contributed by atoms with Crippen LogP contribution in [0.15, 0.2) is 35.3 Å². The second-order valence-electron chi connectivity index (χ2n) is 7.74. The summed E-state index contributed by atoms with van der Waals surface area (Å²) in [6.07, 6.45) is 2.84. The summed E-state index contributed by atoms with van der Waals surface area (Å²) in [5.74, 6) is 0.939. The van der Waals surface area contributed by atoms with Crippen LogP contribution in [0.3, 0.4) is 0 Å². The molecule has 1 aromatic carbocycles. The van der Waals surface area contributed by atoms with Crippen LogP contribution in [0.1, 0.15) is 19.3 Å². The molecule has 2 heterocycles. The van der Waals surface area contributed by atoms with Crippen LogP contribution in [0, 0.1) is 0 Å². The van der Waals surface area contributed by atoms with Gasteiger partial charge in [-0.3, -0.25) is 9.79 Å². The van der Waals surface area contributed by atoms with Crippen molar-refractivity contribution in [1.29, 1.82) is 0 Å². The number of rotatable bonds is 6. The lowest BCUT2D eigenvalue weighted by molar-refractivity contribution is -0.117. The Morgan fingerprint density at radius 3 is 2.79 bits per heavy atom. The summed E-state index contributed by atoms with van der Waals surface area (Å²) in [5, 5.41) is 6.81. The highest BCUT2D eigenvalue weighted by Gasteiger charge is 2.31. The minimum atomic E-state index is 0.0834. The van der Waals surface area contributed by atoms with Gasteiger partial charge in [-0.1, -0.05) is 18.2 Å². The van der Waals surface area contributed by atoms with Crippen LogP contribution in [0.25, 0.3) is 0 Å². The third-order valence-corrected chi connectivity index (χ3v) is 5.51. The smallest absolute Gasteiger partial charge is 0.229 e. The number of carbonyl (C=O) groups excluding carboxylic acids is 1. The Hall–Kier alpha value is -2.12. The number of anilines is 1. The Balaban J connectivity index is 1.38. The lowest BCUT2D eigenvalue weighted by atomic mass is 10.2. The molecule has 1 atom stereocenters. The summed E-state index contributed by atoms with van der Waals surface area (Å²) in [6.45, 7) is 7.37. The number of guanidine groups is 1. The number of likely N-dealkylation sites (N-methyl/N-ethyl adjacent to an activating group) is 1. The molecular formula is C21H34N6O. The van der Waals surface area contributed by atoms with Crippen molar-refractivity contribution in [1.82, 2.24) is 20.4 Å². The van der Waals surface area contributed by atoms with Gasteiger partial charge in [0.25, 0.3) is 0 Å². The largest absolute Gasteiger partial charge is 0.356 e. The molecule has 0 radical (unpaired) electrons. The van der Waals surface area contributed by atoms with Crippen LogP contribution < -0.4 is 15.5 Å². The number of hydrogen-bond donors (Lipinski definition) is 2. The van der Waals surface area contributed by atoms with E-state index in [1.807, 2.05) is 35.2 Å². The molecule has 154 valence electrons. The summed E-state index contributed by atoms with van der Waals surface area (Å²) >= 11 is 0. The summed E-state index contributed by atoms with van der Waals surface area (Å²) in [6, 6.07) is 9.94. The molecule has 2 fully saturated rings. The molecule has 28 heavy (non-hydrogen) atoms. The summed E-state index contributed by atoms with van der Waals surface area (Å²) in [4.78, 5) is 23.5. The Bertz CT molecular complexity index is 650. The summed E-state index contributed by atoms with van der Waals surface area (Å²) in [5.41, 5.74) is 0.961. The van der Waals surface area contributed by atoms with Crippen LogP contribution in [0.2, 0.25) is 0 Å². The van der Waals surface area contributed by atoms with Gasteiger partial charge in [0.2, 0.25) is 5.91 Å². The van der Waals surface area contributed by atoms with Gasteiger partial charge >= 0.3 is 0 Å². The zero-order valence-electron chi connectivity index (χ0n) is 17.2. The second-order valence-corrected chi connectivity index (χ2v) is 7.74. The van der Waals surface area contributed by atoms with Gasteiger partial charge < -0.3 is 25.3 Å². The highest BCUT2D eigenvalue weighted by molar-refractivity contribution is 5.97. The van der Waals surface area contributed by atoms with E-state index in [0.717, 1.165) is 44.2 Å². The van der Waals surface area contributed by atoms with E-state index in [1.54, 1.807) is 7.05 Å². The number of aliphatic imine (C=N–C) groups is 1. The van der Waals surface area contributed by atoms with Crippen molar-refractivity contribution in [2.45, 2.75) is 25.3 Å². The van der Waals surface area contributed by atoms with Gasteiger partial charge in [-0.05, 0) is 51.7 Å². The molecule has 0 aliphatic carbocycles. The third kappa shape index (κ3) is 5.94. The van der Waals surface area contributed by atoms with Crippen molar-refractivity contribution in [3.05, 3.63) is 30.3 Å². The first kappa shape index (κ1) is 20.6. The van der Waals surface area contributed by atoms with Crippen molar-refractivity contribution in [2.75, 3.05) is 64.8 Å². The molecule has 2 saturated heterocycles. The van der Waals surface area contributed by atoms with E-state index in [9.17, 15) is 4.79 Å². The Kier molecular flexibility index (Phi) is 7.68. The Labute approximate surface area is 168 Å². The molecule has 0 spiro atoms. The molecule has 3 rings (SSSR count).